The number of esters is 1. The molecule has 0 saturated carbocycles. The van der Waals surface area contributed by atoms with Crippen molar-refractivity contribution in [3.63, 3.8) is 0 Å². The van der Waals surface area contributed by atoms with Crippen LogP contribution >= 0.6 is 0 Å². The number of benzene rings is 2. The molecule has 0 heterocycles. The number of rotatable bonds is 3. The number of amides is 2. The molecule has 2 N–H and O–H groups in total. The highest BCUT2D eigenvalue weighted by molar-refractivity contribution is 6.00. The van der Waals surface area contributed by atoms with Crippen LogP contribution in [0.3, 0.4) is 0 Å². The molecule has 114 valence electrons. The zero-order chi connectivity index (χ0) is 16.1. The van der Waals surface area contributed by atoms with Gasteiger partial charge in [0.15, 0.2) is 0 Å². The van der Waals surface area contributed by atoms with Crippen LogP contribution in [-0.4, -0.2) is 19.1 Å². The molecule has 22 heavy (non-hydrogen) atoms. The van der Waals surface area contributed by atoms with E-state index in [9.17, 15) is 18.4 Å². The molecule has 0 aliphatic heterocycles. The van der Waals surface area contributed by atoms with Crippen molar-refractivity contribution in [3.05, 3.63) is 59.7 Å². The molecule has 0 radical (unpaired) electrons. The highest BCUT2D eigenvalue weighted by atomic mass is 19.1. The molecule has 7 heteroatoms. The summed E-state index contributed by atoms with van der Waals surface area (Å²) in [7, 11) is 1.24. The minimum Gasteiger partial charge on any atom is -0.465 e. The Labute approximate surface area is 124 Å². The first-order valence-electron chi connectivity index (χ1n) is 6.21. The van der Waals surface area contributed by atoms with Crippen molar-refractivity contribution in [1.82, 2.24) is 0 Å². The van der Waals surface area contributed by atoms with Crippen LogP contribution in [0, 0.1) is 11.6 Å². The molecule has 5 nitrogen and oxygen atoms in total. The lowest BCUT2D eigenvalue weighted by atomic mass is 10.2. The monoisotopic (exact) mass is 306 g/mol. The number of anilines is 2. The molecular formula is C15H12F2N2O3. The van der Waals surface area contributed by atoms with Crippen LogP contribution in [0.4, 0.5) is 25.0 Å². The van der Waals surface area contributed by atoms with Gasteiger partial charge in [-0.3, -0.25) is 0 Å². The van der Waals surface area contributed by atoms with Gasteiger partial charge in [-0.05, 0) is 30.3 Å². The second-order valence-electron chi connectivity index (χ2n) is 4.28. The SMILES string of the molecule is COC(=O)c1cccc(NC(=O)Nc2cc(F)ccc2F)c1. The van der Waals surface area contributed by atoms with Crippen LogP contribution in [0.1, 0.15) is 10.4 Å². The van der Waals surface area contributed by atoms with Crippen molar-refractivity contribution in [2.45, 2.75) is 0 Å². The van der Waals surface area contributed by atoms with Crippen molar-refractivity contribution in [1.29, 1.82) is 0 Å². The average Bonchev–Trinajstić information content (AvgIpc) is 2.50. The fourth-order valence-corrected chi connectivity index (χ4v) is 1.72. The maximum absolute atomic E-state index is 13.4. The Morgan fingerprint density at radius 2 is 1.82 bits per heavy atom. The van der Waals surface area contributed by atoms with Crippen LogP contribution in [0.25, 0.3) is 0 Å². The quantitative estimate of drug-likeness (QED) is 0.854. The molecule has 2 rings (SSSR count). The number of hydrogen-bond donors (Lipinski definition) is 2. The summed E-state index contributed by atoms with van der Waals surface area (Å²) in [5.41, 5.74) is 0.260. The summed E-state index contributed by atoms with van der Waals surface area (Å²) in [6.45, 7) is 0. The molecule has 0 aliphatic carbocycles. The van der Waals surface area contributed by atoms with Crippen molar-refractivity contribution >= 4 is 23.4 Å². The molecule has 0 atom stereocenters. The topological polar surface area (TPSA) is 67.4 Å². The van der Waals surface area contributed by atoms with Gasteiger partial charge in [0.25, 0.3) is 0 Å². The number of ether oxygens (including phenoxy) is 1. The molecular weight excluding hydrogens is 294 g/mol. The van der Waals surface area contributed by atoms with Gasteiger partial charge in [0.2, 0.25) is 0 Å². The number of urea groups is 1. The minimum absolute atomic E-state index is 0.247. The first-order chi connectivity index (χ1) is 10.5. The molecule has 2 amide bonds. The lowest BCUT2D eigenvalue weighted by Gasteiger charge is -2.09. The van der Waals surface area contributed by atoms with E-state index in [4.69, 9.17) is 0 Å². The van der Waals surface area contributed by atoms with E-state index in [0.29, 0.717) is 5.69 Å². The molecule has 2 aromatic carbocycles. The van der Waals surface area contributed by atoms with Crippen molar-refractivity contribution in [3.8, 4) is 0 Å². The van der Waals surface area contributed by atoms with Gasteiger partial charge in [-0.2, -0.15) is 0 Å². The smallest absolute Gasteiger partial charge is 0.337 e. The summed E-state index contributed by atoms with van der Waals surface area (Å²) in [6, 6.07) is 7.93. The molecule has 0 unspecified atom stereocenters. The Kier molecular flexibility index (Phi) is 4.67. The number of carbonyl (C=O) groups excluding carboxylic acids is 2. The van der Waals surface area contributed by atoms with E-state index in [2.05, 4.69) is 15.4 Å². The largest absolute Gasteiger partial charge is 0.465 e. The van der Waals surface area contributed by atoms with Gasteiger partial charge in [0.05, 0.1) is 18.4 Å². The van der Waals surface area contributed by atoms with Gasteiger partial charge in [0, 0.05) is 11.8 Å². The van der Waals surface area contributed by atoms with Crippen LogP contribution in [0.2, 0.25) is 0 Å². The maximum atomic E-state index is 13.4. The Bertz CT molecular complexity index is 720. The average molecular weight is 306 g/mol. The Balaban J connectivity index is 2.09. The lowest BCUT2D eigenvalue weighted by molar-refractivity contribution is 0.0600. The van der Waals surface area contributed by atoms with E-state index < -0.39 is 23.6 Å². The Hall–Kier alpha value is -2.96. The molecule has 0 bridgehead atoms. The number of hydrogen-bond acceptors (Lipinski definition) is 3. The minimum atomic E-state index is -0.772. The highest BCUT2D eigenvalue weighted by Gasteiger charge is 2.10. The van der Waals surface area contributed by atoms with Gasteiger partial charge < -0.3 is 15.4 Å². The van der Waals surface area contributed by atoms with Crippen LogP contribution < -0.4 is 10.6 Å². The standard InChI is InChI=1S/C15H12F2N2O3/c1-22-14(20)9-3-2-4-11(7-9)18-15(21)19-13-8-10(16)5-6-12(13)17/h2-8H,1H3,(H2,18,19,21). The predicted molar refractivity (Wildman–Crippen MR) is 76.8 cm³/mol. The summed E-state index contributed by atoms with van der Waals surface area (Å²) in [5.74, 6) is -2.00. The van der Waals surface area contributed by atoms with Gasteiger partial charge in [-0.15, -0.1) is 0 Å². The number of methoxy groups -OCH3 is 1. The van der Waals surface area contributed by atoms with E-state index in [1.54, 1.807) is 6.07 Å². The van der Waals surface area contributed by atoms with Gasteiger partial charge in [-0.1, -0.05) is 6.07 Å². The summed E-state index contributed by atoms with van der Waals surface area (Å²) < 4.78 is 31.0. The number of carbonyl (C=O) groups is 2. The Morgan fingerprint density at radius 1 is 1.05 bits per heavy atom. The summed E-state index contributed by atoms with van der Waals surface area (Å²) in [6.07, 6.45) is 0. The number of halogens is 2. The van der Waals surface area contributed by atoms with Crippen molar-refractivity contribution in [2.24, 2.45) is 0 Å². The normalized spacial score (nSPS) is 9.95. The summed E-state index contributed by atoms with van der Waals surface area (Å²) in [5, 5.41) is 4.59. The third-order valence-electron chi connectivity index (χ3n) is 2.72. The van der Waals surface area contributed by atoms with Crippen LogP contribution in [0.5, 0.6) is 0 Å². The van der Waals surface area contributed by atoms with E-state index in [1.807, 2.05) is 0 Å². The third-order valence-corrected chi connectivity index (χ3v) is 2.72. The fourth-order valence-electron chi connectivity index (χ4n) is 1.72. The number of nitrogens with one attached hydrogen (secondary N) is 2. The van der Waals surface area contributed by atoms with E-state index in [-0.39, 0.29) is 11.3 Å². The van der Waals surface area contributed by atoms with Gasteiger partial charge in [0.1, 0.15) is 11.6 Å². The van der Waals surface area contributed by atoms with Gasteiger partial charge >= 0.3 is 12.0 Å². The van der Waals surface area contributed by atoms with E-state index in [1.165, 1.54) is 25.3 Å². The second-order valence-corrected chi connectivity index (χ2v) is 4.28. The molecule has 0 spiro atoms. The fraction of sp³-hybridized carbons (Fsp3) is 0.0667. The first-order valence-corrected chi connectivity index (χ1v) is 6.21. The third kappa shape index (κ3) is 3.78. The lowest BCUT2D eigenvalue weighted by Crippen LogP contribution is -2.20. The molecule has 2 aromatic rings. The maximum Gasteiger partial charge on any atom is 0.337 e. The van der Waals surface area contributed by atoms with Crippen molar-refractivity contribution < 1.29 is 23.1 Å². The zero-order valence-corrected chi connectivity index (χ0v) is 11.5. The molecule has 0 aromatic heterocycles. The van der Waals surface area contributed by atoms with E-state index >= 15 is 0 Å². The Morgan fingerprint density at radius 3 is 2.55 bits per heavy atom. The van der Waals surface area contributed by atoms with Crippen molar-refractivity contribution in [2.75, 3.05) is 17.7 Å². The van der Waals surface area contributed by atoms with Gasteiger partial charge in [-0.25, -0.2) is 18.4 Å². The summed E-state index contributed by atoms with van der Waals surface area (Å²) in [4.78, 5) is 23.2. The van der Waals surface area contributed by atoms with Crippen LogP contribution in [0.15, 0.2) is 42.5 Å². The zero-order valence-electron chi connectivity index (χ0n) is 11.5. The first kappa shape index (κ1) is 15.4. The predicted octanol–water partition coefficient (Wildman–Crippen LogP) is 3.40. The van der Waals surface area contributed by atoms with Crippen LogP contribution in [-0.2, 0) is 4.74 Å². The molecule has 0 fully saturated rings. The summed E-state index contributed by atoms with van der Waals surface area (Å²) >= 11 is 0. The second kappa shape index (κ2) is 6.66. The highest BCUT2D eigenvalue weighted by Crippen LogP contribution is 2.16. The van der Waals surface area contributed by atoms with E-state index in [0.717, 1.165) is 18.2 Å². The molecule has 0 saturated heterocycles. The molecule has 0 aliphatic rings.